The van der Waals surface area contributed by atoms with Gasteiger partial charge in [0.05, 0.1) is 0 Å². The molecular formula is C19H37O. The van der Waals surface area contributed by atoms with Gasteiger partial charge in [-0.3, -0.25) is 0 Å². The molecule has 0 heterocycles. The molecule has 0 aromatic heterocycles. The number of carbonyl (C=O) groups excluding carboxylic acids is 1. The Morgan fingerprint density at radius 2 is 1.35 bits per heavy atom. The van der Waals surface area contributed by atoms with E-state index in [2.05, 4.69) is 32.9 Å². The fourth-order valence-electron chi connectivity index (χ4n) is 1.91. The summed E-state index contributed by atoms with van der Waals surface area (Å²) in [6, 6.07) is 0. The average Bonchev–Trinajstić information content (AvgIpc) is 2.47. The summed E-state index contributed by atoms with van der Waals surface area (Å²) in [6.45, 7) is 8.21. The monoisotopic (exact) mass is 281 g/mol. The van der Waals surface area contributed by atoms with Crippen LogP contribution in [0.5, 0.6) is 0 Å². The van der Waals surface area contributed by atoms with Crippen molar-refractivity contribution in [2.45, 2.75) is 97.3 Å². The molecule has 20 heavy (non-hydrogen) atoms. The number of hydrogen-bond acceptors (Lipinski definition) is 1. The molecule has 0 amide bonds. The molecule has 0 spiro atoms. The van der Waals surface area contributed by atoms with Gasteiger partial charge in [-0.1, -0.05) is 84.3 Å². The van der Waals surface area contributed by atoms with Crippen LogP contribution in [0.15, 0.2) is 12.2 Å². The van der Waals surface area contributed by atoms with Crippen molar-refractivity contribution in [1.29, 1.82) is 0 Å². The lowest BCUT2D eigenvalue weighted by atomic mass is 10.1. The third-order valence-corrected chi connectivity index (χ3v) is 3.20. The molecule has 0 saturated heterocycles. The molecule has 1 nitrogen and oxygen atoms in total. The molecule has 0 fully saturated rings. The van der Waals surface area contributed by atoms with Crippen LogP contribution in [0.2, 0.25) is 0 Å². The molecule has 0 aromatic rings. The van der Waals surface area contributed by atoms with E-state index in [0.717, 1.165) is 44.8 Å². The molecule has 0 N–H and O–H groups in total. The Morgan fingerprint density at radius 1 is 0.750 bits per heavy atom. The van der Waals surface area contributed by atoms with E-state index in [1.165, 1.54) is 44.9 Å². The maximum absolute atomic E-state index is 9.88. The van der Waals surface area contributed by atoms with Gasteiger partial charge in [0.25, 0.3) is 0 Å². The van der Waals surface area contributed by atoms with Crippen molar-refractivity contribution < 1.29 is 4.79 Å². The van der Waals surface area contributed by atoms with Gasteiger partial charge in [-0.15, -0.1) is 0 Å². The topological polar surface area (TPSA) is 17.1 Å². The van der Waals surface area contributed by atoms with E-state index in [4.69, 9.17) is 0 Å². The molecule has 0 saturated carbocycles. The minimum Gasteiger partial charge on any atom is -0.303 e. The van der Waals surface area contributed by atoms with Gasteiger partial charge in [-0.05, 0) is 25.7 Å². The van der Waals surface area contributed by atoms with E-state index >= 15 is 0 Å². The van der Waals surface area contributed by atoms with Gasteiger partial charge in [0, 0.05) is 6.42 Å². The Balaban J connectivity index is 0. The summed E-state index contributed by atoms with van der Waals surface area (Å²) in [7, 11) is 0. The van der Waals surface area contributed by atoms with Crippen molar-refractivity contribution in [3.05, 3.63) is 19.1 Å². The minimum absolute atomic E-state index is 0.722. The predicted octanol–water partition coefficient (Wildman–Crippen LogP) is 6.67. The average molecular weight is 282 g/mol. The Morgan fingerprint density at radius 3 is 1.90 bits per heavy atom. The predicted molar refractivity (Wildman–Crippen MR) is 91.9 cm³/mol. The molecule has 0 aliphatic heterocycles. The zero-order chi connectivity index (χ0) is 15.3. The van der Waals surface area contributed by atoms with E-state index in [0.29, 0.717) is 0 Å². The number of hydrogen-bond donors (Lipinski definition) is 0. The van der Waals surface area contributed by atoms with Crippen molar-refractivity contribution in [3.63, 3.8) is 0 Å². The smallest absolute Gasteiger partial charge is 0.119 e. The molecular weight excluding hydrogens is 244 g/mol. The summed E-state index contributed by atoms with van der Waals surface area (Å²) < 4.78 is 0. The fourth-order valence-corrected chi connectivity index (χ4v) is 1.91. The van der Waals surface area contributed by atoms with Gasteiger partial charge in [0.2, 0.25) is 0 Å². The van der Waals surface area contributed by atoms with Crippen LogP contribution in [0.3, 0.4) is 0 Å². The molecule has 1 radical (unpaired) electrons. The molecule has 0 bridgehead atoms. The molecule has 119 valence electrons. The second-order valence-corrected chi connectivity index (χ2v) is 5.31. The van der Waals surface area contributed by atoms with Gasteiger partial charge in [-0.2, -0.15) is 0 Å². The Labute approximate surface area is 128 Å². The first-order chi connectivity index (χ1) is 9.83. The zero-order valence-electron chi connectivity index (χ0n) is 14.0. The van der Waals surface area contributed by atoms with Gasteiger partial charge in [0.1, 0.15) is 6.29 Å². The summed E-state index contributed by atoms with van der Waals surface area (Å²) in [4.78, 5) is 9.88. The van der Waals surface area contributed by atoms with Gasteiger partial charge in [-0.25, -0.2) is 0 Å². The van der Waals surface area contributed by atoms with E-state index in [9.17, 15) is 4.79 Å². The molecule has 0 aliphatic rings. The van der Waals surface area contributed by atoms with Crippen LogP contribution in [0, 0.1) is 6.92 Å². The van der Waals surface area contributed by atoms with Crippen LogP contribution in [-0.4, -0.2) is 6.29 Å². The number of rotatable bonds is 13. The van der Waals surface area contributed by atoms with Crippen molar-refractivity contribution in [2.24, 2.45) is 0 Å². The van der Waals surface area contributed by atoms with Crippen molar-refractivity contribution in [2.75, 3.05) is 0 Å². The molecule has 0 aliphatic carbocycles. The lowest BCUT2D eigenvalue weighted by molar-refractivity contribution is -0.107. The fraction of sp³-hybridized carbons (Fsp3) is 0.789. The molecule has 0 unspecified atom stereocenters. The van der Waals surface area contributed by atoms with Gasteiger partial charge < -0.3 is 4.79 Å². The molecule has 0 aromatic carbocycles. The standard InChI is InChI=1S/C10H21.C9H16O/c1-3-5-7-9-10-8-6-4-2;1-2-3-4-5-6-7-8-9-10/h1,3-10H2,2H3;3-4,9H,2,5-8H2,1H3/b;4-3-. The maximum Gasteiger partial charge on any atom is 0.119 e. The summed E-state index contributed by atoms with van der Waals surface area (Å²) >= 11 is 0. The molecule has 1 heteroatoms. The maximum atomic E-state index is 9.88. The van der Waals surface area contributed by atoms with Crippen LogP contribution in [0.4, 0.5) is 0 Å². The highest BCUT2D eigenvalue weighted by atomic mass is 16.1. The van der Waals surface area contributed by atoms with Crippen molar-refractivity contribution in [3.8, 4) is 0 Å². The summed E-state index contributed by atoms with van der Waals surface area (Å²) in [5, 5.41) is 0. The number of allylic oxidation sites excluding steroid dienone is 2. The third kappa shape index (κ3) is 26.1. The summed E-state index contributed by atoms with van der Waals surface area (Å²) in [6.07, 6.45) is 21.4. The lowest BCUT2D eigenvalue weighted by Crippen LogP contribution is -1.77. The van der Waals surface area contributed by atoms with Crippen LogP contribution in [0.25, 0.3) is 0 Å². The lowest BCUT2D eigenvalue weighted by Gasteiger charge is -1.97. The second kappa shape index (κ2) is 23.5. The third-order valence-electron chi connectivity index (χ3n) is 3.20. The van der Waals surface area contributed by atoms with Crippen molar-refractivity contribution in [1.82, 2.24) is 0 Å². The van der Waals surface area contributed by atoms with E-state index < -0.39 is 0 Å². The highest BCUT2D eigenvalue weighted by Crippen LogP contribution is 2.07. The van der Waals surface area contributed by atoms with Crippen LogP contribution in [0.1, 0.15) is 97.3 Å². The minimum atomic E-state index is 0.722. The quantitative estimate of drug-likeness (QED) is 0.209. The molecule has 0 atom stereocenters. The number of unbranched alkanes of at least 4 members (excludes halogenated alkanes) is 10. The highest BCUT2D eigenvalue weighted by molar-refractivity contribution is 5.48. The largest absolute Gasteiger partial charge is 0.303 e. The SMILES string of the molecule is CC/C=C\CCCCC=O.[CH2]CCCCCCCCC. The van der Waals surface area contributed by atoms with Gasteiger partial charge >= 0.3 is 0 Å². The number of carbonyl (C=O) groups is 1. The molecule has 0 rings (SSSR count). The van der Waals surface area contributed by atoms with Crippen LogP contribution < -0.4 is 0 Å². The summed E-state index contributed by atoms with van der Waals surface area (Å²) in [5.41, 5.74) is 0. The van der Waals surface area contributed by atoms with E-state index in [1.54, 1.807) is 0 Å². The Hall–Kier alpha value is -0.590. The normalized spacial score (nSPS) is 10.3. The first kappa shape index (κ1) is 21.7. The van der Waals surface area contributed by atoms with Gasteiger partial charge in [0.15, 0.2) is 0 Å². The van der Waals surface area contributed by atoms with E-state index in [1.807, 2.05) is 0 Å². The Kier molecular flexibility index (Phi) is 25.5. The summed E-state index contributed by atoms with van der Waals surface area (Å²) in [5.74, 6) is 0. The highest BCUT2D eigenvalue weighted by Gasteiger charge is 1.87. The zero-order valence-corrected chi connectivity index (χ0v) is 14.0. The van der Waals surface area contributed by atoms with Crippen LogP contribution >= 0.6 is 0 Å². The second-order valence-electron chi connectivity index (χ2n) is 5.31. The first-order valence-corrected chi connectivity index (χ1v) is 8.71. The van der Waals surface area contributed by atoms with Crippen molar-refractivity contribution >= 4 is 6.29 Å². The Bertz CT molecular complexity index is 176. The first-order valence-electron chi connectivity index (χ1n) is 8.71. The number of aldehydes is 1. The van der Waals surface area contributed by atoms with Crippen LogP contribution in [-0.2, 0) is 4.79 Å². The van der Waals surface area contributed by atoms with E-state index in [-0.39, 0.29) is 0 Å².